The number of halogens is 1. The molecular formula is C29H27ClN6O5. The van der Waals surface area contributed by atoms with E-state index in [-0.39, 0.29) is 18.1 Å². The molecule has 2 fully saturated rings. The number of anilines is 2. The van der Waals surface area contributed by atoms with E-state index in [9.17, 15) is 4.79 Å². The number of amides is 1. The quantitative estimate of drug-likeness (QED) is 0.241. The summed E-state index contributed by atoms with van der Waals surface area (Å²) in [4.78, 5) is 29.7. The average Bonchev–Trinajstić information content (AvgIpc) is 3.54. The zero-order chi connectivity index (χ0) is 27.9. The van der Waals surface area contributed by atoms with Gasteiger partial charge in [0.1, 0.15) is 17.3 Å². The third-order valence-corrected chi connectivity index (χ3v) is 7.52. The lowest BCUT2D eigenvalue weighted by molar-refractivity contribution is -0.00346. The monoisotopic (exact) mass is 574 g/mol. The smallest absolute Gasteiger partial charge is 0.251 e. The van der Waals surface area contributed by atoms with E-state index in [1.807, 2.05) is 31.3 Å². The van der Waals surface area contributed by atoms with Crippen molar-refractivity contribution in [3.63, 3.8) is 0 Å². The van der Waals surface area contributed by atoms with Crippen LogP contribution >= 0.6 is 11.6 Å². The molecule has 5 heterocycles. The maximum atomic E-state index is 12.5. The highest BCUT2D eigenvalue weighted by Crippen LogP contribution is 2.37. The highest BCUT2D eigenvalue weighted by molar-refractivity contribution is 6.33. The van der Waals surface area contributed by atoms with Gasteiger partial charge in [0.15, 0.2) is 11.5 Å². The van der Waals surface area contributed by atoms with Gasteiger partial charge in [-0.3, -0.25) is 4.79 Å². The zero-order valence-corrected chi connectivity index (χ0v) is 23.0. The third kappa shape index (κ3) is 5.19. The Balaban J connectivity index is 1.23. The lowest BCUT2D eigenvalue weighted by atomic mass is 10.1. The van der Waals surface area contributed by atoms with Crippen LogP contribution in [0.25, 0.3) is 33.3 Å². The van der Waals surface area contributed by atoms with Gasteiger partial charge in [-0.2, -0.15) is 9.97 Å². The minimum absolute atomic E-state index is 0.0285. The Bertz CT molecular complexity index is 1760. The molecule has 0 unspecified atom stereocenters. The summed E-state index contributed by atoms with van der Waals surface area (Å²) in [5.74, 6) is 1.16. The number of aromatic amines is 1. The number of nitrogens with one attached hydrogen (secondary N) is 3. The number of ether oxygens (including phenoxy) is 3. The van der Waals surface area contributed by atoms with E-state index in [0.29, 0.717) is 71.7 Å². The number of fused-ring (bicyclic) bond motifs is 2. The normalized spacial score (nSPS) is 16.1. The van der Waals surface area contributed by atoms with Crippen molar-refractivity contribution in [2.45, 2.75) is 31.9 Å². The number of H-pyrrole nitrogens is 1. The maximum Gasteiger partial charge on any atom is 0.251 e. The first-order valence-corrected chi connectivity index (χ1v) is 13.8. The lowest BCUT2D eigenvalue weighted by Crippen LogP contribution is -2.48. The van der Waals surface area contributed by atoms with Crippen molar-refractivity contribution in [2.75, 3.05) is 31.7 Å². The molecule has 2 saturated heterocycles. The number of carbonyl (C=O) groups is 1. The summed E-state index contributed by atoms with van der Waals surface area (Å²) in [6, 6.07) is 11.0. The maximum absolute atomic E-state index is 12.5. The Labute approximate surface area is 239 Å². The fourth-order valence-corrected chi connectivity index (χ4v) is 5.22. The number of aryl methyl sites for hydroxylation is 1. The van der Waals surface area contributed by atoms with E-state index >= 15 is 0 Å². The van der Waals surface area contributed by atoms with Gasteiger partial charge in [-0.05, 0) is 35.9 Å². The molecule has 0 radical (unpaired) electrons. The number of carbonyl (C=O) groups excluding carboxylic acids is 1. The molecule has 1 amide bonds. The Morgan fingerprint density at radius 2 is 1.93 bits per heavy atom. The number of hydrogen-bond acceptors (Lipinski definition) is 9. The summed E-state index contributed by atoms with van der Waals surface area (Å²) >= 11 is 6.57. The van der Waals surface area contributed by atoms with Gasteiger partial charge < -0.3 is 34.2 Å². The minimum atomic E-state index is -0.200. The van der Waals surface area contributed by atoms with Crippen molar-refractivity contribution in [2.24, 2.45) is 0 Å². The molecule has 3 N–H and O–H groups in total. The summed E-state index contributed by atoms with van der Waals surface area (Å²) in [5, 5.41) is 7.23. The summed E-state index contributed by atoms with van der Waals surface area (Å²) in [7, 11) is 0. The van der Waals surface area contributed by atoms with E-state index in [1.165, 1.54) is 0 Å². The molecule has 2 aliphatic heterocycles. The van der Waals surface area contributed by atoms with Crippen molar-refractivity contribution in [3.8, 4) is 17.0 Å². The molecule has 0 aliphatic carbocycles. The lowest BCUT2D eigenvalue weighted by Gasteiger charge is -2.26. The molecule has 0 atom stereocenters. The van der Waals surface area contributed by atoms with Gasteiger partial charge in [0.2, 0.25) is 11.8 Å². The second-order valence-electron chi connectivity index (χ2n) is 10.2. The first kappa shape index (κ1) is 25.8. The number of hydrogen-bond donors (Lipinski definition) is 3. The van der Waals surface area contributed by atoms with Crippen LogP contribution in [0.15, 0.2) is 47.0 Å². The number of rotatable bonds is 7. The van der Waals surface area contributed by atoms with Crippen LogP contribution in [0, 0.1) is 6.92 Å². The Morgan fingerprint density at radius 3 is 2.71 bits per heavy atom. The fourth-order valence-electron chi connectivity index (χ4n) is 4.99. The molecule has 0 spiro atoms. The molecular weight excluding hydrogens is 548 g/mol. The van der Waals surface area contributed by atoms with Gasteiger partial charge in [0.05, 0.1) is 48.6 Å². The molecule has 3 aromatic heterocycles. The Hall–Kier alpha value is -4.19. The van der Waals surface area contributed by atoms with E-state index in [2.05, 4.69) is 20.6 Å². The van der Waals surface area contributed by atoms with Crippen LogP contribution in [0.4, 0.5) is 11.6 Å². The summed E-state index contributed by atoms with van der Waals surface area (Å²) in [6.07, 6.45) is 3.37. The second kappa shape index (κ2) is 10.7. The van der Waals surface area contributed by atoms with Crippen LogP contribution < -0.4 is 15.4 Å². The largest absolute Gasteiger partial charge is 0.474 e. The zero-order valence-electron chi connectivity index (χ0n) is 22.2. The second-order valence-corrected chi connectivity index (χ2v) is 10.6. The SMILES string of the molecule is Cc1nc2ccc(-c3c[nH]c4nc(Nc5ccc(C(=O)NC6COC6)cc5Cl)nc(OC5CCOCC5)c34)cc2o1. The Kier molecular flexibility index (Phi) is 6.69. The highest BCUT2D eigenvalue weighted by atomic mass is 35.5. The van der Waals surface area contributed by atoms with Crippen LogP contribution in [0.2, 0.25) is 5.02 Å². The molecule has 0 saturated carbocycles. The predicted octanol–water partition coefficient (Wildman–Crippen LogP) is 5.16. The van der Waals surface area contributed by atoms with Gasteiger partial charge >= 0.3 is 0 Å². The van der Waals surface area contributed by atoms with Gasteiger partial charge in [-0.15, -0.1) is 0 Å². The van der Waals surface area contributed by atoms with E-state index in [1.54, 1.807) is 18.2 Å². The molecule has 41 heavy (non-hydrogen) atoms. The topological polar surface area (TPSA) is 136 Å². The van der Waals surface area contributed by atoms with Crippen molar-refractivity contribution >= 4 is 51.3 Å². The third-order valence-electron chi connectivity index (χ3n) is 7.20. The van der Waals surface area contributed by atoms with Gasteiger partial charge in [0, 0.05) is 37.1 Å². The molecule has 2 aromatic carbocycles. The molecule has 210 valence electrons. The van der Waals surface area contributed by atoms with Crippen LogP contribution in [-0.2, 0) is 9.47 Å². The van der Waals surface area contributed by atoms with Crippen LogP contribution in [0.1, 0.15) is 29.1 Å². The molecule has 5 aromatic rings. The van der Waals surface area contributed by atoms with Crippen LogP contribution in [-0.4, -0.2) is 64.4 Å². The van der Waals surface area contributed by atoms with Crippen LogP contribution in [0.5, 0.6) is 5.88 Å². The van der Waals surface area contributed by atoms with Gasteiger partial charge in [-0.25, -0.2) is 4.98 Å². The van der Waals surface area contributed by atoms with Crippen molar-refractivity contribution in [1.29, 1.82) is 0 Å². The standard InChI is InChI=1S/C29H27ClN6O5/c1-15-32-23-5-2-16(11-24(23)40-15)20-12-31-26-25(20)28(41-19-6-8-38-9-7-19)36-29(35-26)34-22-4-3-17(10-21(22)30)27(37)33-18-13-39-14-18/h2-5,10-12,18-19H,6-9,13-14H2,1H3,(H,33,37)(H2,31,34,35,36). The molecule has 7 rings (SSSR count). The molecule has 11 nitrogen and oxygen atoms in total. The average molecular weight is 575 g/mol. The number of oxazole rings is 1. The number of nitrogens with zero attached hydrogens (tertiary/aromatic N) is 3. The van der Waals surface area contributed by atoms with Gasteiger partial charge in [-0.1, -0.05) is 17.7 Å². The van der Waals surface area contributed by atoms with Crippen LogP contribution in [0.3, 0.4) is 0 Å². The van der Waals surface area contributed by atoms with E-state index in [4.69, 9.17) is 40.2 Å². The molecule has 2 aliphatic rings. The van der Waals surface area contributed by atoms with E-state index in [0.717, 1.165) is 34.9 Å². The summed E-state index contributed by atoms with van der Waals surface area (Å²) in [6.45, 7) is 4.13. The Morgan fingerprint density at radius 1 is 1.07 bits per heavy atom. The first-order chi connectivity index (χ1) is 20.0. The minimum Gasteiger partial charge on any atom is -0.474 e. The fraction of sp³-hybridized carbons (Fsp3) is 0.310. The van der Waals surface area contributed by atoms with Crippen molar-refractivity contribution in [3.05, 3.63) is 59.1 Å². The first-order valence-electron chi connectivity index (χ1n) is 13.5. The highest BCUT2D eigenvalue weighted by Gasteiger charge is 2.24. The summed E-state index contributed by atoms with van der Waals surface area (Å²) in [5.41, 5.74) is 4.92. The molecule has 0 bridgehead atoms. The summed E-state index contributed by atoms with van der Waals surface area (Å²) < 4.78 is 22.9. The van der Waals surface area contributed by atoms with E-state index < -0.39 is 0 Å². The predicted molar refractivity (Wildman–Crippen MR) is 153 cm³/mol. The number of benzene rings is 2. The van der Waals surface area contributed by atoms with Crippen molar-refractivity contribution in [1.82, 2.24) is 25.3 Å². The molecule has 12 heteroatoms. The van der Waals surface area contributed by atoms with Crippen molar-refractivity contribution < 1.29 is 23.4 Å². The number of aromatic nitrogens is 4. The van der Waals surface area contributed by atoms with Gasteiger partial charge in [0.25, 0.3) is 5.91 Å².